The highest BCUT2D eigenvalue weighted by Gasteiger charge is 2.29. The summed E-state index contributed by atoms with van der Waals surface area (Å²) in [7, 11) is 0. The summed E-state index contributed by atoms with van der Waals surface area (Å²) in [5.41, 5.74) is 2.05. The lowest BCUT2D eigenvalue weighted by molar-refractivity contribution is -0.125. The third-order valence-corrected chi connectivity index (χ3v) is 6.85. The molecule has 1 aromatic heterocycles. The second kappa shape index (κ2) is 9.36. The first-order chi connectivity index (χ1) is 14.6. The topological polar surface area (TPSA) is 74.3 Å². The van der Waals surface area contributed by atoms with E-state index in [0.717, 1.165) is 37.0 Å². The minimum atomic E-state index is -0.458. The number of para-hydroxylation sites is 1. The van der Waals surface area contributed by atoms with Gasteiger partial charge in [-0.2, -0.15) is 0 Å². The molecule has 7 heteroatoms. The summed E-state index contributed by atoms with van der Waals surface area (Å²) in [4.78, 5) is 31.5. The van der Waals surface area contributed by atoms with Gasteiger partial charge in [-0.15, -0.1) is 11.3 Å². The summed E-state index contributed by atoms with van der Waals surface area (Å²) in [6.45, 7) is 3.89. The number of hydrogen-bond acceptors (Lipinski definition) is 5. The van der Waals surface area contributed by atoms with Gasteiger partial charge in [0.05, 0.1) is 21.3 Å². The number of likely N-dealkylation sites (tertiary alicyclic amines) is 1. The standard InChI is InChI=1S/C23H26N4O2S/c1-16(21(28)26-23(29)24-15-17-7-3-2-4-8-17)27-13-11-18(12-14-27)22-25-19-9-5-6-10-20(19)30-22/h2-10,16,18H,11-15H2,1H3,(H2,24,26,28,29)/t16-/m0/s1. The number of fused-ring (bicyclic) bond motifs is 1. The molecule has 156 valence electrons. The van der Waals surface area contributed by atoms with Gasteiger partial charge in [-0.1, -0.05) is 42.5 Å². The summed E-state index contributed by atoms with van der Waals surface area (Å²) in [5, 5.41) is 6.39. The van der Waals surface area contributed by atoms with Crippen LogP contribution in [0.1, 0.15) is 36.3 Å². The lowest BCUT2D eigenvalue weighted by Crippen LogP contribution is -2.51. The van der Waals surface area contributed by atoms with Gasteiger partial charge in [-0.25, -0.2) is 9.78 Å². The molecule has 1 fully saturated rings. The van der Waals surface area contributed by atoms with Gasteiger partial charge in [0.1, 0.15) is 0 Å². The van der Waals surface area contributed by atoms with E-state index in [9.17, 15) is 9.59 Å². The predicted octanol–water partition coefficient (Wildman–Crippen LogP) is 3.89. The number of amides is 3. The molecule has 0 saturated carbocycles. The van der Waals surface area contributed by atoms with Crippen LogP contribution in [0.4, 0.5) is 4.79 Å². The van der Waals surface area contributed by atoms with Gasteiger partial charge in [0, 0.05) is 12.5 Å². The zero-order valence-electron chi connectivity index (χ0n) is 17.0. The minimum absolute atomic E-state index is 0.265. The van der Waals surface area contributed by atoms with Gasteiger partial charge >= 0.3 is 6.03 Å². The summed E-state index contributed by atoms with van der Waals surface area (Å²) >= 11 is 1.77. The Morgan fingerprint density at radius 1 is 1.10 bits per heavy atom. The largest absolute Gasteiger partial charge is 0.334 e. The summed E-state index contributed by atoms with van der Waals surface area (Å²) in [6, 6.07) is 17.0. The van der Waals surface area contributed by atoms with Crippen LogP contribution in [0.15, 0.2) is 54.6 Å². The molecule has 0 unspecified atom stereocenters. The van der Waals surface area contributed by atoms with Crippen LogP contribution in [-0.2, 0) is 11.3 Å². The molecule has 30 heavy (non-hydrogen) atoms. The molecular formula is C23H26N4O2S. The van der Waals surface area contributed by atoms with Crippen molar-refractivity contribution in [3.05, 3.63) is 65.2 Å². The first-order valence-electron chi connectivity index (χ1n) is 10.3. The summed E-state index contributed by atoms with van der Waals surface area (Å²) in [5.74, 6) is 0.169. The van der Waals surface area contributed by atoms with Crippen molar-refractivity contribution in [3.63, 3.8) is 0 Å². The van der Waals surface area contributed by atoms with E-state index < -0.39 is 6.03 Å². The lowest BCUT2D eigenvalue weighted by atomic mass is 9.96. The molecule has 2 aromatic carbocycles. The molecule has 0 aliphatic carbocycles. The second-order valence-corrected chi connectivity index (χ2v) is 8.73. The molecule has 0 spiro atoms. The smallest absolute Gasteiger partial charge is 0.321 e. The van der Waals surface area contributed by atoms with Crippen LogP contribution in [0.25, 0.3) is 10.2 Å². The van der Waals surface area contributed by atoms with Crippen molar-refractivity contribution < 1.29 is 9.59 Å². The fourth-order valence-corrected chi connectivity index (χ4v) is 4.94. The second-order valence-electron chi connectivity index (χ2n) is 7.66. The molecule has 0 radical (unpaired) electrons. The number of nitrogens with one attached hydrogen (secondary N) is 2. The Kier molecular flexibility index (Phi) is 6.40. The van der Waals surface area contributed by atoms with Gasteiger partial charge in [-0.05, 0) is 50.6 Å². The monoisotopic (exact) mass is 422 g/mol. The maximum Gasteiger partial charge on any atom is 0.321 e. The zero-order chi connectivity index (χ0) is 20.9. The van der Waals surface area contributed by atoms with E-state index in [0.29, 0.717) is 12.5 Å². The van der Waals surface area contributed by atoms with Crippen molar-refractivity contribution in [1.82, 2.24) is 20.5 Å². The van der Waals surface area contributed by atoms with Gasteiger partial charge in [0.15, 0.2) is 0 Å². The fourth-order valence-electron chi connectivity index (χ4n) is 3.80. The number of carbonyl (C=O) groups is 2. The van der Waals surface area contributed by atoms with Crippen molar-refractivity contribution in [2.24, 2.45) is 0 Å². The molecule has 1 aliphatic rings. The number of hydrogen-bond donors (Lipinski definition) is 2. The van der Waals surface area contributed by atoms with Crippen LogP contribution in [0, 0.1) is 0 Å². The first kappa shape index (κ1) is 20.5. The molecule has 2 heterocycles. The van der Waals surface area contributed by atoms with E-state index in [1.54, 1.807) is 11.3 Å². The molecule has 6 nitrogen and oxygen atoms in total. The van der Waals surface area contributed by atoms with Gasteiger partial charge in [-0.3, -0.25) is 15.0 Å². The molecule has 4 rings (SSSR count). The van der Waals surface area contributed by atoms with Crippen molar-refractivity contribution in [2.45, 2.75) is 38.3 Å². The lowest BCUT2D eigenvalue weighted by Gasteiger charge is -2.34. The molecule has 0 bridgehead atoms. The Bertz CT molecular complexity index is 979. The molecule has 3 amide bonds. The molecule has 1 aliphatic heterocycles. The number of piperidine rings is 1. The number of thiazole rings is 1. The summed E-state index contributed by atoms with van der Waals surface area (Å²) in [6.07, 6.45) is 1.94. The van der Waals surface area contributed by atoms with Crippen LogP contribution in [-0.4, -0.2) is 41.0 Å². The van der Waals surface area contributed by atoms with E-state index in [1.165, 1.54) is 9.71 Å². The van der Waals surface area contributed by atoms with Crippen molar-refractivity contribution in [1.29, 1.82) is 0 Å². The minimum Gasteiger partial charge on any atom is -0.334 e. The third-order valence-electron chi connectivity index (χ3n) is 5.65. The molecule has 2 N–H and O–H groups in total. The number of rotatable bonds is 5. The number of benzene rings is 2. The Morgan fingerprint density at radius 3 is 2.53 bits per heavy atom. The zero-order valence-corrected chi connectivity index (χ0v) is 17.8. The highest BCUT2D eigenvalue weighted by atomic mass is 32.1. The molecule has 1 saturated heterocycles. The quantitative estimate of drug-likeness (QED) is 0.654. The highest BCUT2D eigenvalue weighted by molar-refractivity contribution is 7.18. The Labute approximate surface area is 180 Å². The van der Waals surface area contributed by atoms with Crippen LogP contribution >= 0.6 is 11.3 Å². The SMILES string of the molecule is C[C@@H](C(=O)NC(=O)NCc1ccccc1)N1CCC(c2nc3ccccc3s2)CC1. The number of urea groups is 1. The van der Waals surface area contributed by atoms with E-state index in [1.807, 2.05) is 49.4 Å². The average Bonchev–Trinajstić information content (AvgIpc) is 3.22. The Morgan fingerprint density at radius 2 is 1.80 bits per heavy atom. The van der Waals surface area contributed by atoms with Crippen LogP contribution in [0.3, 0.4) is 0 Å². The fraction of sp³-hybridized carbons (Fsp3) is 0.348. The van der Waals surface area contributed by atoms with Crippen molar-refractivity contribution in [2.75, 3.05) is 13.1 Å². The molecule has 3 aromatic rings. The Hall–Kier alpha value is -2.77. The number of nitrogens with zero attached hydrogens (tertiary/aromatic N) is 2. The van der Waals surface area contributed by atoms with Crippen LogP contribution in [0.5, 0.6) is 0 Å². The van der Waals surface area contributed by atoms with Crippen molar-refractivity contribution in [3.8, 4) is 0 Å². The van der Waals surface area contributed by atoms with Crippen LogP contribution in [0.2, 0.25) is 0 Å². The predicted molar refractivity (Wildman–Crippen MR) is 119 cm³/mol. The van der Waals surface area contributed by atoms with Gasteiger partial charge in [0.2, 0.25) is 5.91 Å². The van der Waals surface area contributed by atoms with E-state index >= 15 is 0 Å². The number of aromatic nitrogens is 1. The average molecular weight is 423 g/mol. The first-order valence-corrected chi connectivity index (χ1v) is 11.1. The molecule has 1 atom stereocenters. The maximum absolute atomic E-state index is 12.5. The highest BCUT2D eigenvalue weighted by Crippen LogP contribution is 2.34. The van der Waals surface area contributed by atoms with Crippen molar-refractivity contribution >= 4 is 33.5 Å². The summed E-state index contributed by atoms with van der Waals surface area (Å²) < 4.78 is 1.23. The molecular weight excluding hydrogens is 396 g/mol. The van der Waals surface area contributed by atoms with E-state index in [4.69, 9.17) is 4.98 Å². The van der Waals surface area contributed by atoms with E-state index in [-0.39, 0.29) is 11.9 Å². The van der Waals surface area contributed by atoms with Gasteiger partial charge in [0.25, 0.3) is 0 Å². The Balaban J connectivity index is 1.25. The number of carbonyl (C=O) groups excluding carboxylic acids is 2. The maximum atomic E-state index is 12.5. The van der Waals surface area contributed by atoms with Gasteiger partial charge < -0.3 is 5.32 Å². The van der Waals surface area contributed by atoms with E-state index in [2.05, 4.69) is 27.7 Å². The third kappa shape index (κ3) is 4.86. The normalized spacial score (nSPS) is 16.3. The van der Waals surface area contributed by atoms with Crippen LogP contribution < -0.4 is 10.6 Å². The number of imide groups is 1.